The third-order valence-corrected chi connectivity index (χ3v) is 7.98. The highest BCUT2D eigenvalue weighted by Gasteiger charge is 2.54. The van der Waals surface area contributed by atoms with Gasteiger partial charge in [-0.15, -0.1) is 11.8 Å². The van der Waals surface area contributed by atoms with E-state index in [1.165, 1.54) is 30.4 Å². The van der Waals surface area contributed by atoms with Crippen LogP contribution in [0.25, 0.3) is 0 Å². The lowest BCUT2D eigenvalue weighted by atomic mass is 9.55. The van der Waals surface area contributed by atoms with Crippen molar-refractivity contribution >= 4 is 11.8 Å². The van der Waals surface area contributed by atoms with Crippen LogP contribution < -0.4 is 0 Å². The molecule has 0 heterocycles. The van der Waals surface area contributed by atoms with E-state index in [2.05, 4.69) is 19.9 Å². The van der Waals surface area contributed by atoms with Gasteiger partial charge in [-0.05, 0) is 90.7 Å². The lowest BCUT2D eigenvalue weighted by molar-refractivity contribution is -0.0226. The smallest absolute Gasteiger partial charge is 0.129 e. The summed E-state index contributed by atoms with van der Waals surface area (Å²) in [5.41, 5.74) is 3.01. The molecular formula is C20H28O2S. The summed E-state index contributed by atoms with van der Waals surface area (Å²) in [7, 11) is 0. The average molecular weight is 333 g/mol. The van der Waals surface area contributed by atoms with Gasteiger partial charge in [0.25, 0.3) is 0 Å². The quantitative estimate of drug-likeness (QED) is 0.770. The van der Waals surface area contributed by atoms with Crippen molar-refractivity contribution in [3.63, 3.8) is 0 Å². The number of hydrogen-bond donors (Lipinski definition) is 2. The maximum absolute atomic E-state index is 10.5. The summed E-state index contributed by atoms with van der Waals surface area (Å²) in [4.78, 5) is 1.05. The molecule has 0 amide bonds. The van der Waals surface area contributed by atoms with E-state index >= 15 is 0 Å². The lowest BCUT2D eigenvalue weighted by Crippen LogP contribution is -2.43. The molecule has 5 atom stereocenters. The number of hydrogen-bond acceptors (Lipinski definition) is 3. The van der Waals surface area contributed by atoms with Crippen LogP contribution in [0.2, 0.25) is 0 Å². The predicted octanol–water partition coefficient (Wildman–Crippen LogP) is 4.72. The van der Waals surface area contributed by atoms with E-state index < -0.39 is 0 Å². The molecule has 23 heavy (non-hydrogen) atoms. The lowest BCUT2D eigenvalue weighted by Gasteiger charge is -2.50. The molecule has 2 saturated carbocycles. The number of rotatable bonds is 2. The van der Waals surface area contributed by atoms with Crippen molar-refractivity contribution in [2.45, 2.75) is 69.3 Å². The van der Waals surface area contributed by atoms with Gasteiger partial charge in [0.15, 0.2) is 0 Å². The molecule has 2 N–H and O–H groups in total. The largest absolute Gasteiger partial charge is 0.507 e. The van der Waals surface area contributed by atoms with Crippen LogP contribution in [0.3, 0.4) is 0 Å². The number of aliphatic hydroxyl groups is 1. The monoisotopic (exact) mass is 332 g/mol. The molecule has 126 valence electrons. The van der Waals surface area contributed by atoms with Gasteiger partial charge in [0, 0.05) is 4.90 Å². The molecule has 0 radical (unpaired) electrons. The Hall–Kier alpha value is -0.670. The van der Waals surface area contributed by atoms with Crippen LogP contribution in [0, 0.1) is 17.3 Å². The van der Waals surface area contributed by atoms with Crippen LogP contribution in [-0.2, 0) is 6.42 Å². The molecule has 0 aromatic heterocycles. The number of aryl methyl sites for hydroxylation is 1. The van der Waals surface area contributed by atoms with Crippen LogP contribution in [-0.4, -0.2) is 22.1 Å². The number of fused-ring (bicyclic) bond motifs is 5. The molecule has 1 aromatic carbocycles. The van der Waals surface area contributed by atoms with E-state index in [-0.39, 0.29) is 11.5 Å². The van der Waals surface area contributed by atoms with Crippen molar-refractivity contribution < 1.29 is 10.2 Å². The number of phenols is 1. The molecule has 5 unspecified atom stereocenters. The molecule has 2 nitrogen and oxygen atoms in total. The molecule has 0 bridgehead atoms. The Morgan fingerprint density at radius 3 is 2.83 bits per heavy atom. The number of phenolic OH excluding ortho intramolecular Hbond substituents is 1. The first-order valence-electron chi connectivity index (χ1n) is 9.21. The molecule has 2 fully saturated rings. The second-order valence-corrected chi connectivity index (χ2v) is 9.31. The van der Waals surface area contributed by atoms with Crippen molar-refractivity contribution in [1.82, 2.24) is 0 Å². The van der Waals surface area contributed by atoms with Gasteiger partial charge in [0.1, 0.15) is 5.75 Å². The highest BCUT2D eigenvalue weighted by Crippen LogP contribution is 2.61. The summed E-state index contributed by atoms with van der Waals surface area (Å²) in [6, 6.07) is 4.31. The normalized spacial score (nSPS) is 38.7. The Bertz CT molecular complexity index is 614. The van der Waals surface area contributed by atoms with Crippen molar-refractivity contribution in [1.29, 1.82) is 0 Å². The molecule has 3 aliphatic carbocycles. The van der Waals surface area contributed by atoms with Crippen LogP contribution in [0.1, 0.15) is 63.0 Å². The summed E-state index contributed by atoms with van der Waals surface area (Å²) < 4.78 is 0. The van der Waals surface area contributed by atoms with Crippen LogP contribution in [0.4, 0.5) is 0 Å². The van der Waals surface area contributed by atoms with E-state index in [0.717, 1.165) is 35.8 Å². The van der Waals surface area contributed by atoms with Gasteiger partial charge >= 0.3 is 0 Å². The maximum Gasteiger partial charge on any atom is 0.129 e. The molecule has 0 spiro atoms. The fourth-order valence-corrected chi connectivity index (χ4v) is 6.56. The first kappa shape index (κ1) is 15.8. The van der Waals surface area contributed by atoms with Gasteiger partial charge < -0.3 is 10.2 Å². The van der Waals surface area contributed by atoms with Crippen molar-refractivity contribution in [2.75, 3.05) is 5.75 Å². The molecule has 0 aliphatic heterocycles. The Balaban J connectivity index is 1.70. The third kappa shape index (κ3) is 2.34. The topological polar surface area (TPSA) is 40.5 Å². The van der Waals surface area contributed by atoms with Crippen LogP contribution in [0.5, 0.6) is 5.75 Å². The number of aliphatic hydroxyl groups excluding tert-OH is 1. The Labute approximate surface area is 143 Å². The van der Waals surface area contributed by atoms with Gasteiger partial charge in [0.05, 0.1) is 6.10 Å². The molecule has 3 aliphatic rings. The van der Waals surface area contributed by atoms with Crippen molar-refractivity contribution in [3.8, 4) is 5.75 Å². The zero-order valence-corrected chi connectivity index (χ0v) is 15.0. The van der Waals surface area contributed by atoms with Gasteiger partial charge in [-0.1, -0.05) is 13.8 Å². The summed E-state index contributed by atoms with van der Waals surface area (Å²) >= 11 is 1.74. The highest BCUT2D eigenvalue weighted by atomic mass is 32.2. The first-order valence-corrected chi connectivity index (χ1v) is 10.2. The molecular weight excluding hydrogens is 304 g/mol. The fraction of sp³-hybridized carbons (Fsp3) is 0.700. The zero-order chi connectivity index (χ0) is 16.2. The Morgan fingerprint density at radius 1 is 1.22 bits per heavy atom. The molecule has 4 rings (SSSR count). The summed E-state index contributed by atoms with van der Waals surface area (Å²) in [5, 5.41) is 20.7. The van der Waals surface area contributed by atoms with Gasteiger partial charge in [-0.2, -0.15) is 0 Å². The summed E-state index contributed by atoms with van der Waals surface area (Å²) in [6.07, 6.45) is 6.75. The average Bonchev–Trinajstić information content (AvgIpc) is 2.84. The van der Waals surface area contributed by atoms with Gasteiger partial charge in [-0.3, -0.25) is 0 Å². The van der Waals surface area contributed by atoms with Gasteiger partial charge in [-0.25, -0.2) is 0 Å². The van der Waals surface area contributed by atoms with Crippen molar-refractivity contribution in [3.05, 3.63) is 23.3 Å². The minimum Gasteiger partial charge on any atom is -0.507 e. The van der Waals surface area contributed by atoms with Crippen molar-refractivity contribution in [2.24, 2.45) is 17.3 Å². The highest BCUT2D eigenvalue weighted by molar-refractivity contribution is 7.99. The first-order chi connectivity index (χ1) is 11.0. The summed E-state index contributed by atoms with van der Waals surface area (Å²) in [5.74, 6) is 3.50. The van der Waals surface area contributed by atoms with E-state index in [4.69, 9.17) is 0 Å². The molecule has 3 heteroatoms. The number of thioether (sulfide) groups is 1. The fourth-order valence-electron chi connectivity index (χ4n) is 5.83. The Morgan fingerprint density at radius 2 is 2.04 bits per heavy atom. The van der Waals surface area contributed by atoms with E-state index in [9.17, 15) is 10.2 Å². The standard InChI is InChI=1S/C20H28O2S/c1-3-23-18-11-15-12(10-17(18)21)4-5-14-13(15)8-9-20(2)16(14)6-7-19(20)22/h10-11,13-14,16,19,21-22H,3-9H2,1-2H3. The number of benzene rings is 1. The van der Waals surface area contributed by atoms with E-state index in [1.807, 2.05) is 6.07 Å². The number of aromatic hydroxyl groups is 1. The second-order valence-electron chi connectivity index (χ2n) is 8.00. The SMILES string of the molecule is CCSc1cc2c(cc1O)CCC1C2CCC2(C)C(O)CCC12. The minimum atomic E-state index is -0.0964. The molecule has 1 aromatic rings. The zero-order valence-electron chi connectivity index (χ0n) is 14.2. The second kappa shape index (κ2) is 5.70. The predicted molar refractivity (Wildman–Crippen MR) is 95.1 cm³/mol. The Kier molecular flexibility index (Phi) is 3.92. The third-order valence-electron chi connectivity index (χ3n) is 7.05. The summed E-state index contributed by atoms with van der Waals surface area (Å²) in [6.45, 7) is 4.47. The van der Waals surface area contributed by atoms with E-state index in [0.29, 0.717) is 17.6 Å². The van der Waals surface area contributed by atoms with Gasteiger partial charge in [0.2, 0.25) is 0 Å². The van der Waals surface area contributed by atoms with Crippen LogP contribution >= 0.6 is 11.8 Å². The van der Waals surface area contributed by atoms with Crippen LogP contribution in [0.15, 0.2) is 17.0 Å². The molecule has 0 saturated heterocycles. The maximum atomic E-state index is 10.5. The van der Waals surface area contributed by atoms with E-state index in [1.54, 1.807) is 11.8 Å². The minimum absolute atomic E-state index is 0.0964.